The van der Waals surface area contributed by atoms with Crippen molar-refractivity contribution in [1.29, 1.82) is 0 Å². The maximum atomic E-state index is 2.76. The molecule has 4 aromatic carbocycles. The van der Waals surface area contributed by atoms with Gasteiger partial charge in [-0.2, -0.15) is 0 Å². The number of hydrogen-bond acceptors (Lipinski definition) is 0. The summed E-state index contributed by atoms with van der Waals surface area (Å²) in [4.78, 5) is 0. The molecular weight excluding hydrogens is 623 g/mol. The fourth-order valence-electron chi connectivity index (χ4n) is 7.54. The van der Waals surface area contributed by atoms with Gasteiger partial charge in [-0.25, -0.2) is 0 Å². The van der Waals surface area contributed by atoms with E-state index in [1.807, 2.05) is 0 Å². The van der Waals surface area contributed by atoms with Crippen LogP contribution in [0.25, 0.3) is 23.3 Å². The van der Waals surface area contributed by atoms with Crippen LogP contribution in [0.1, 0.15) is 62.9 Å². The Morgan fingerprint density at radius 2 is 0.825 bits per heavy atom. The summed E-state index contributed by atoms with van der Waals surface area (Å²) in [5, 5.41) is 0. The predicted octanol–water partition coefficient (Wildman–Crippen LogP) is 9.99. The Kier molecular flexibility index (Phi) is 8.55. The Bertz CT molecular complexity index is 1600. The number of fused-ring (bicyclic) bond motifs is 2. The van der Waals surface area contributed by atoms with Crippen LogP contribution in [-0.4, -0.2) is 6.88 Å². The average Bonchev–Trinajstić information content (AvgIpc) is 3.53. The minimum Gasteiger partial charge on any atom is -0.147 e. The van der Waals surface area contributed by atoms with E-state index in [4.69, 9.17) is 0 Å². The van der Waals surface area contributed by atoms with E-state index in [0.717, 1.165) is 0 Å². The second-order valence-electron chi connectivity index (χ2n) is 12.8. The topological polar surface area (TPSA) is 0 Å². The maximum absolute atomic E-state index is 3.79. The summed E-state index contributed by atoms with van der Waals surface area (Å²) in [5.74, 6) is 0. The third-order valence-electron chi connectivity index (χ3n) is 9.36. The first kappa shape index (κ1) is 31.0. The molecule has 0 saturated heterocycles. The molecule has 0 bridgehead atoms. The zero-order chi connectivity index (χ0) is 26.8. The molecule has 0 nitrogen and oxygen atoms in total. The summed E-state index contributed by atoms with van der Waals surface area (Å²) in [6.45, 7) is 11.7. The van der Waals surface area contributed by atoms with Crippen LogP contribution >= 0.6 is 24.8 Å². The van der Waals surface area contributed by atoms with E-state index in [1.165, 1.54) is 55.7 Å². The molecular formula is C36H40Cl2SiZr. The van der Waals surface area contributed by atoms with E-state index < -0.39 is 17.4 Å². The molecule has 0 spiro atoms. The first-order valence-corrected chi connectivity index (χ1v) is 27.6. The summed E-state index contributed by atoms with van der Waals surface area (Å²) in [6.07, 6.45) is 5.10. The third kappa shape index (κ3) is 4.80. The maximum Gasteiger partial charge on any atom is -0.147 e. The quantitative estimate of drug-likeness (QED) is 0.191. The SMILES string of the molecule is Cc1ccc(C)c2c1C=C(c1ccccc1)[CH]2[Zr]([CH3])([CH3])(=[SiH2])[CH]1C(c2ccccc2)=Cc2c(C)ccc(C)c21.Cl.Cl. The molecule has 4 heteroatoms. The second-order valence-corrected chi connectivity index (χ2v) is 43.3. The largest absolute Gasteiger partial charge is 0.147 e. The average molecular weight is 663 g/mol. The van der Waals surface area contributed by atoms with Crippen LogP contribution in [0.2, 0.25) is 9.26 Å². The van der Waals surface area contributed by atoms with Gasteiger partial charge in [0.25, 0.3) is 0 Å². The summed E-state index contributed by atoms with van der Waals surface area (Å²) in [7, 11) is 0. The minimum absolute atomic E-state index is 0. The van der Waals surface area contributed by atoms with Crippen LogP contribution in [0.3, 0.4) is 0 Å². The molecule has 4 aromatic rings. The van der Waals surface area contributed by atoms with Gasteiger partial charge in [-0.3, -0.25) is 0 Å². The molecule has 2 unspecified atom stereocenters. The molecule has 0 saturated carbocycles. The molecule has 40 heavy (non-hydrogen) atoms. The number of benzene rings is 4. The fourth-order valence-corrected chi connectivity index (χ4v) is 26.2. The molecule has 0 aliphatic heterocycles. The summed E-state index contributed by atoms with van der Waals surface area (Å²) < 4.78 is 6.43. The molecule has 0 N–H and O–H groups in total. The third-order valence-corrected chi connectivity index (χ3v) is 26.5. The Morgan fingerprint density at radius 3 is 1.18 bits per heavy atom. The van der Waals surface area contributed by atoms with Crippen molar-refractivity contribution in [3.8, 4) is 0 Å². The number of hydrogen-bond donors (Lipinski definition) is 0. The molecule has 2 aliphatic rings. The van der Waals surface area contributed by atoms with Gasteiger partial charge < -0.3 is 0 Å². The molecule has 0 heterocycles. The van der Waals surface area contributed by atoms with Gasteiger partial charge in [0.05, 0.1) is 0 Å². The van der Waals surface area contributed by atoms with E-state index in [2.05, 4.69) is 141 Å². The fraction of sp³-hybridized carbons (Fsp3) is 0.222. The Balaban J connectivity index is 0.00000185. The van der Waals surface area contributed by atoms with E-state index in [0.29, 0.717) is 7.25 Å². The predicted molar refractivity (Wildman–Crippen MR) is 181 cm³/mol. The number of allylic oxidation sites excluding steroid dienone is 2. The number of aryl methyl sites for hydroxylation is 4. The summed E-state index contributed by atoms with van der Waals surface area (Å²) in [5.41, 5.74) is 17.6. The normalized spacial score (nSPS) is 17.7. The van der Waals surface area contributed by atoms with Gasteiger partial charge in [0.15, 0.2) is 0 Å². The van der Waals surface area contributed by atoms with Crippen molar-refractivity contribution in [3.05, 3.63) is 141 Å². The van der Waals surface area contributed by atoms with Gasteiger partial charge in [0, 0.05) is 0 Å². The van der Waals surface area contributed by atoms with E-state index in [9.17, 15) is 0 Å². The van der Waals surface area contributed by atoms with Crippen LogP contribution in [0.4, 0.5) is 0 Å². The molecule has 2 atom stereocenters. The van der Waals surface area contributed by atoms with Gasteiger partial charge in [-0.05, 0) is 0 Å². The summed E-state index contributed by atoms with van der Waals surface area (Å²) >= 11 is -3.79. The zero-order valence-corrected chi connectivity index (χ0v) is 29.9. The van der Waals surface area contributed by atoms with Crippen molar-refractivity contribution in [2.45, 2.75) is 44.2 Å². The van der Waals surface area contributed by atoms with Crippen molar-refractivity contribution >= 4 is 55.0 Å². The van der Waals surface area contributed by atoms with Gasteiger partial charge >= 0.3 is 232 Å². The minimum atomic E-state index is -3.79. The van der Waals surface area contributed by atoms with Crippen molar-refractivity contribution in [2.75, 3.05) is 0 Å². The second kappa shape index (κ2) is 11.0. The molecule has 0 amide bonds. The van der Waals surface area contributed by atoms with E-state index in [-0.39, 0.29) is 24.8 Å². The van der Waals surface area contributed by atoms with Crippen LogP contribution in [0.5, 0.6) is 0 Å². The van der Waals surface area contributed by atoms with E-state index in [1.54, 1.807) is 11.1 Å². The van der Waals surface area contributed by atoms with Crippen LogP contribution in [-0.2, 0) is 17.4 Å². The molecule has 6 rings (SSSR count). The van der Waals surface area contributed by atoms with Crippen molar-refractivity contribution in [1.82, 2.24) is 0 Å². The molecule has 0 radical (unpaired) electrons. The van der Waals surface area contributed by atoms with Crippen molar-refractivity contribution in [3.63, 3.8) is 0 Å². The number of halogens is 2. The van der Waals surface area contributed by atoms with Gasteiger partial charge in [-0.1, -0.05) is 0 Å². The molecule has 206 valence electrons. The number of rotatable bonds is 4. The Labute approximate surface area is 255 Å². The van der Waals surface area contributed by atoms with Crippen molar-refractivity contribution < 1.29 is 17.4 Å². The van der Waals surface area contributed by atoms with Gasteiger partial charge in [-0.15, -0.1) is 24.8 Å². The van der Waals surface area contributed by atoms with Crippen LogP contribution in [0.15, 0.2) is 84.9 Å². The Hall–Kier alpha value is -1.96. The molecule has 2 aliphatic carbocycles. The Morgan fingerprint density at radius 1 is 0.500 bits per heavy atom. The van der Waals surface area contributed by atoms with Crippen molar-refractivity contribution in [2.24, 2.45) is 0 Å². The molecule has 0 aromatic heterocycles. The van der Waals surface area contributed by atoms with Gasteiger partial charge in [0.2, 0.25) is 0 Å². The smallest absolute Gasteiger partial charge is 0.147 e. The summed E-state index contributed by atoms with van der Waals surface area (Å²) in [6, 6.07) is 31.8. The van der Waals surface area contributed by atoms with Crippen LogP contribution in [0, 0.1) is 27.7 Å². The molecule has 0 fully saturated rings. The first-order valence-electron chi connectivity index (χ1n) is 13.9. The van der Waals surface area contributed by atoms with E-state index >= 15 is 0 Å². The zero-order valence-electron chi connectivity index (χ0n) is 24.4. The monoisotopic (exact) mass is 660 g/mol. The standard InChI is InChI=1S/2C17H15.2CH3.2ClH.H2Si.Zr/c2*1-12-8-9-13(2)17-11-15(10-16(12)17)14-6-4-3-5-7-14;;;;;;/h2*3-11H,1-2H3;2*1H3;2*1H;1H2;. The van der Waals surface area contributed by atoms with Crippen LogP contribution < -0.4 is 0 Å². The van der Waals surface area contributed by atoms with Gasteiger partial charge in [0.1, 0.15) is 0 Å². The first-order chi connectivity index (χ1) is 18.1.